The Labute approximate surface area is 122 Å². The molecule has 0 aliphatic carbocycles. The Kier molecular flexibility index (Phi) is 5.67. The van der Waals surface area contributed by atoms with E-state index in [1.165, 1.54) is 18.2 Å². The first kappa shape index (κ1) is 16.3. The number of carbonyl (C=O) groups excluding carboxylic acids is 1. The van der Waals surface area contributed by atoms with Crippen molar-refractivity contribution in [3.63, 3.8) is 0 Å². The molecule has 0 atom stereocenters. The Bertz CT molecular complexity index is 465. The van der Waals surface area contributed by atoms with Crippen molar-refractivity contribution in [1.29, 1.82) is 0 Å². The van der Waals surface area contributed by atoms with Gasteiger partial charge in [0.2, 0.25) is 0 Å². The molecule has 1 aromatic carbocycles. The predicted octanol–water partition coefficient (Wildman–Crippen LogP) is 4.05. The average molecular weight is 359 g/mol. The van der Waals surface area contributed by atoms with Gasteiger partial charge < -0.3 is 4.90 Å². The Morgan fingerprint density at radius 1 is 1.42 bits per heavy atom. The van der Waals surface area contributed by atoms with E-state index in [0.717, 1.165) is 4.90 Å². The summed E-state index contributed by atoms with van der Waals surface area (Å²) in [5.41, 5.74) is 0.852. The van der Waals surface area contributed by atoms with E-state index in [-0.39, 0.29) is 17.4 Å². The Balaban J connectivity index is 2.95. The second kappa shape index (κ2) is 6.61. The molecule has 0 heterocycles. The van der Waals surface area contributed by atoms with Crippen LogP contribution in [0.2, 0.25) is 5.02 Å². The molecular weight excluding hydrogens is 346 g/mol. The van der Waals surface area contributed by atoms with E-state index in [1.807, 2.05) is 0 Å². The summed E-state index contributed by atoms with van der Waals surface area (Å²) in [5.74, 6) is -0.656. The highest BCUT2D eigenvalue weighted by Gasteiger charge is 2.33. The summed E-state index contributed by atoms with van der Waals surface area (Å²) < 4.78 is 37.3. The topological polar surface area (TPSA) is 20.3 Å². The van der Waals surface area contributed by atoms with Crippen LogP contribution in [-0.4, -0.2) is 35.4 Å². The number of aryl methyl sites for hydroxylation is 1. The van der Waals surface area contributed by atoms with Crippen LogP contribution in [0.3, 0.4) is 0 Å². The predicted molar refractivity (Wildman–Crippen MR) is 71.9 cm³/mol. The maximum atomic E-state index is 12.4. The molecule has 106 valence electrons. The monoisotopic (exact) mass is 357 g/mol. The van der Waals surface area contributed by atoms with E-state index in [0.29, 0.717) is 10.6 Å². The van der Waals surface area contributed by atoms with Crippen molar-refractivity contribution in [1.82, 2.24) is 4.90 Å². The van der Waals surface area contributed by atoms with Gasteiger partial charge in [0.1, 0.15) is 6.54 Å². The minimum absolute atomic E-state index is 0.0139. The molecule has 0 saturated carbocycles. The van der Waals surface area contributed by atoms with Crippen LogP contribution >= 0.6 is 27.5 Å². The molecule has 0 spiro atoms. The minimum Gasteiger partial charge on any atom is -0.329 e. The molecule has 0 unspecified atom stereocenters. The number of halogens is 5. The van der Waals surface area contributed by atoms with Gasteiger partial charge in [0.15, 0.2) is 0 Å². The standard InChI is InChI=1S/C12H12BrClF3NO/c1-8-6-9(2-3-10(8)14)11(19)18(5-4-13)7-12(15,16)17/h2-3,6H,4-5,7H2,1H3. The first-order valence-corrected chi connectivity index (χ1v) is 6.92. The molecule has 0 fully saturated rings. The van der Waals surface area contributed by atoms with Gasteiger partial charge in [-0.1, -0.05) is 27.5 Å². The fraction of sp³-hybridized carbons (Fsp3) is 0.417. The Morgan fingerprint density at radius 3 is 2.53 bits per heavy atom. The molecule has 1 rings (SSSR count). The number of rotatable bonds is 4. The second-order valence-electron chi connectivity index (χ2n) is 3.99. The molecule has 1 amide bonds. The molecule has 7 heteroatoms. The fourth-order valence-electron chi connectivity index (χ4n) is 1.53. The third-order valence-electron chi connectivity index (χ3n) is 2.42. The van der Waals surface area contributed by atoms with Crippen molar-refractivity contribution >= 4 is 33.4 Å². The number of hydrogen-bond acceptors (Lipinski definition) is 1. The molecule has 0 radical (unpaired) electrons. The molecule has 19 heavy (non-hydrogen) atoms. The summed E-state index contributed by atoms with van der Waals surface area (Å²) in [6.45, 7) is 0.414. The van der Waals surface area contributed by atoms with E-state index in [9.17, 15) is 18.0 Å². The fourth-order valence-corrected chi connectivity index (χ4v) is 2.08. The number of benzene rings is 1. The molecule has 1 aromatic rings. The number of amides is 1. The quantitative estimate of drug-likeness (QED) is 0.744. The number of carbonyl (C=O) groups is 1. The van der Waals surface area contributed by atoms with E-state index >= 15 is 0 Å². The van der Waals surface area contributed by atoms with Crippen LogP contribution in [0.4, 0.5) is 13.2 Å². The van der Waals surface area contributed by atoms with Crippen LogP contribution in [0.1, 0.15) is 15.9 Å². The van der Waals surface area contributed by atoms with Crippen LogP contribution in [-0.2, 0) is 0 Å². The van der Waals surface area contributed by atoms with Crippen molar-refractivity contribution in [2.24, 2.45) is 0 Å². The van der Waals surface area contributed by atoms with Gasteiger partial charge in [-0.05, 0) is 30.7 Å². The lowest BCUT2D eigenvalue weighted by molar-refractivity contribution is -0.140. The van der Waals surface area contributed by atoms with E-state index in [1.54, 1.807) is 6.92 Å². The number of alkyl halides is 4. The lowest BCUT2D eigenvalue weighted by Gasteiger charge is -2.23. The first-order valence-electron chi connectivity index (χ1n) is 5.42. The summed E-state index contributed by atoms with van der Waals surface area (Å²) in [6.07, 6.45) is -4.42. The number of hydrogen-bond donors (Lipinski definition) is 0. The molecule has 0 N–H and O–H groups in total. The zero-order valence-corrected chi connectivity index (χ0v) is 12.4. The van der Waals surface area contributed by atoms with Crippen molar-refractivity contribution in [2.75, 3.05) is 18.4 Å². The third kappa shape index (κ3) is 5.03. The van der Waals surface area contributed by atoms with E-state index in [2.05, 4.69) is 15.9 Å². The highest BCUT2D eigenvalue weighted by molar-refractivity contribution is 9.09. The summed E-state index contributed by atoms with van der Waals surface area (Å²) in [4.78, 5) is 12.8. The first-order chi connectivity index (χ1) is 8.74. The summed E-state index contributed by atoms with van der Waals surface area (Å²) in [6, 6.07) is 4.42. The van der Waals surface area contributed by atoms with Gasteiger partial charge >= 0.3 is 6.18 Å². The average Bonchev–Trinajstić information content (AvgIpc) is 2.29. The van der Waals surface area contributed by atoms with Crippen LogP contribution < -0.4 is 0 Å². The molecule has 0 aliphatic rings. The van der Waals surface area contributed by atoms with Crippen molar-refractivity contribution < 1.29 is 18.0 Å². The lowest BCUT2D eigenvalue weighted by Crippen LogP contribution is -2.40. The zero-order valence-electron chi connectivity index (χ0n) is 10.1. The van der Waals surface area contributed by atoms with Gasteiger partial charge in [-0.3, -0.25) is 4.79 Å². The SMILES string of the molecule is Cc1cc(C(=O)N(CCBr)CC(F)(F)F)ccc1Cl. The van der Waals surface area contributed by atoms with Gasteiger partial charge in [0.25, 0.3) is 5.91 Å². The van der Waals surface area contributed by atoms with Gasteiger partial charge in [0, 0.05) is 22.5 Å². The number of nitrogens with zero attached hydrogens (tertiary/aromatic N) is 1. The molecular formula is C12H12BrClF3NO. The normalized spacial score (nSPS) is 11.5. The lowest BCUT2D eigenvalue weighted by atomic mass is 10.1. The van der Waals surface area contributed by atoms with Crippen LogP contribution in [0.15, 0.2) is 18.2 Å². The summed E-state index contributed by atoms with van der Waals surface area (Å²) in [5, 5.41) is 0.751. The van der Waals surface area contributed by atoms with E-state index in [4.69, 9.17) is 11.6 Å². The van der Waals surface area contributed by atoms with Crippen molar-refractivity contribution in [3.05, 3.63) is 34.3 Å². The second-order valence-corrected chi connectivity index (χ2v) is 5.20. The van der Waals surface area contributed by atoms with Gasteiger partial charge in [0.05, 0.1) is 0 Å². The van der Waals surface area contributed by atoms with E-state index < -0.39 is 18.6 Å². The highest BCUT2D eigenvalue weighted by atomic mass is 79.9. The third-order valence-corrected chi connectivity index (χ3v) is 3.20. The summed E-state index contributed by atoms with van der Waals surface area (Å²) >= 11 is 8.86. The zero-order chi connectivity index (χ0) is 14.6. The van der Waals surface area contributed by atoms with Gasteiger partial charge in [-0.2, -0.15) is 13.2 Å². The van der Waals surface area contributed by atoms with Crippen molar-refractivity contribution in [3.8, 4) is 0 Å². The summed E-state index contributed by atoms with van der Waals surface area (Å²) in [7, 11) is 0. The van der Waals surface area contributed by atoms with Gasteiger partial charge in [-0.15, -0.1) is 0 Å². The van der Waals surface area contributed by atoms with Crippen molar-refractivity contribution in [2.45, 2.75) is 13.1 Å². The molecule has 2 nitrogen and oxygen atoms in total. The Hall–Kier alpha value is -0.750. The Morgan fingerprint density at radius 2 is 2.05 bits per heavy atom. The molecule has 0 aromatic heterocycles. The maximum absolute atomic E-state index is 12.4. The van der Waals surface area contributed by atoms with Gasteiger partial charge in [-0.25, -0.2) is 0 Å². The molecule has 0 bridgehead atoms. The largest absolute Gasteiger partial charge is 0.406 e. The minimum atomic E-state index is -4.42. The molecule has 0 saturated heterocycles. The maximum Gasteiger partial charge on any atom is 0.406 e. The van der Waals surface area contributed by atoms with Crippen LogP contribution in [0, 0.1) is 6.92 Å². The highest BCUT2D eigenvalue weighted by Crippen LogP contribution is 2.21. The smallest absolute Gasteiger partial charge is 0.329 e. The van der Waals surface area contributed by atoms with Crippen LogP contribution in [0.25, 0.3) is 0 Å². The van der Waals surface area contributed by atoms with Crippen LogP contribution in [0.5, 0.6) is 0 Å². The molecule has 0 aliphatic heterocycles.